The van der Waals surface area contributed by atoms with Crippen molar-refractivity contribution in [2.75, 3.05) is 20.0 Å². The predicted octanol–water partition coefficient (Wildman–Crippen LogP) is 5.89. The summed E-state index contributed by atoms with van der Waals surface area (Å²) >= 11 is 2.85. The van der Waals surface area contributed by atoms with Crippen LogP contribution in [0.2, 0.25) is 0 Å². The molecule has 0 amide bonds. The molecule has 236 valence electrons. The average Bonchev–Trinajstić information content (AvgIpc) is 3.42. The third-order valence-corrected chi connectivity index (χ3v) is 9.25. The molecule has 47 heavy (non-hydrogen) atoms. The molecule has 0 radical (unpaired) electrons. The van der Waals surface area contributed by atoms with Gasteiger partial charge in [0, 0.05) is 10.5 Å². The molecule has 2 heterocycles. The second kappa shape index (κ2) is 14.1. The maximum absolute atomic E-state index is 14.1. The quantitative estimate of drug-likeness (QED) is 0.110. The molecule has 8 nitrogen and oxygen atoms in total. The molecule has 1 aliphatic rings. The van der Waals surface area contributed by atoms with Crippen LogP contribution in [0, 0.1) is 0 Å². The molecular formula is C37H30N2O6S2. The maximum Gasteiger partial charge on any atom is 0.343 e. The van der Waals surface area contributed by atoms with Crippen molar-refractivity contribution in [2.24, 2.45) is 4.99 Å². The van der Waals surface area contributed by atoms with Gasteiger partial charge in [0.15, 0.2) is 4.80 Å². The van der Waals surface area contributed by atoms with Gasteiger partial charge in [-0.2, -0.15) is 0 Å². The molecule has 5 aromatic rings. The van der Waals surface area contributed by atoms with Crippen LogP contribution >= 0.6 is 23.1 Å². The SMILES string of the molecule is CCOC(=O)C1=C(c2ccccc2)N=c2s/c(=C\c3ccc(OC(=O)c4ccc(OC)cc4)cc3)c(=O)n2[C@H]1c1ccc(SC)cc1. The smallest absolute Gasteiger partial charge is 0.343 e. The normalized spacial score (nSPS) is 14.3. The summed E-state index contributed by atoms with van der Waals surface area (Å²) in [4.78, 5) is 46.8. The minimum atomic E-state index is -0.752. The maximum atomic E-state index is 14.1. The number of esters is 2. The number of hydrogen-bond donors (Lipinski definition) is 0. The van der Waals surface area contributed by atoms with Gasteiger partial charge in [0.1, 0.15) is 11.5 Å². The van der Waals surface area contributed by atoms with Crippen LogP contribution in [0.4, 0.5) is 0 Å². The van der Waals surface area contributed by atoms with Crippen molar-refractivity contribution in [3.8, 4) is 11.5 Å². The van der Waals surface area contributed by atoms with E-state index in [-0.39, 0.29) is 12.2 Å². The first-order valence-corrected chi connectivity index (χ1v) is 16.8. The number of methoxy groups -OCH3 is 1. The molecule has 0 bridgehead atoms. The van der Waals surface area contributed by atoms with Crippen LogP contribution in [0.3, 0.4) is 0 Å². The predicted molar refractivity (Wildman–Crippen MR) is 184 cm³/mol. The Morgan fingerprint density at radius 3 is 2.21 bits per heavy atom. The number of carbonyl (C=O) groups excluding carboxylic acids is 2. The Kier molecular flexibility index (Phi) is 9.51. The minimum Gasteiger partial charge on any atom is -0.497 e. The summed E-state index contributed by atoms with van der Waals surface area (Å²) in [6.07, 6.45) is 3.76. The van der Waals surface area contributed by atoms with Gasteiger partial charge in [0.25, 0.3) is 5.56 Å². The van der Waals surface area contributed by atoms with Crippen molar-refractivity contribution >= 4 is 46.8 Å². The monoisotopic (exact) mass is 662 g/mol. The lowest BCUT2D eigenvalue weighted by molar-refractivity contribution is -0.138. The van der Waals surface area contributed by atoms with E-state index in [4.69, 9.17) is 19.2 Å². The van der Waals surface area contributed by atoms with Crippen molar-refractivity contribution in [1.29, 1.82) is 0 Å². The Morgan fingerprint density at radius 1 is 0.894 bits per heavy atom. The first kappa shape index (κ1) is 31.8. The molecule has 0 aliphatic carbocycles. The van der Waals surface area contributed by atoms with Crippen molar-refractivity contribution in [3.05, 3.63) is 151 Å². The highest BCUT2D eigenvalue weighted by atomic mass is 32.2. The van der Waals surface area contributed by atoms with Crippen LogP contribution in [0.25, 0.3) is 11.8 Å². The lowest BCUT2D eigenvalue weighted by atomic mass is 9.93. The van der Waals surface area contributed by atoms with E-state index in [0.717, 1.165) is 21.6 Å². The fourth-order valence-corrected chi connectivity index (χ4v) is 6.63. The Morgan fingerprint density at radius 2 is 1.57 bits per heavy atom. The number of fused-ring (bicyclic) bond motifs is 1. The summed E-state index contributed by atoms with van der Waals surface area (Å²) in [5, 5.41) is 0. The number of ether oxygens (including phenoxy) is 3. The number of aromatic nitrogens is 1. The number of thioether (sulfide) groups is 1. The van der Waals surface area contributed by atoms with E-state index in [1.165, 1.54) is 11.3 Å². The van der Waals surface area contributed by atoms with Gasteiger partial charge in [-0.15, -0.1) is 11.8 Å². The van der Waals surface area contributed by atoms with Crippen LogP contribution < -0.4 is 24.4 Å². The Labute approximate surface area is 279 Å². The van der Waals surface area contributed by atoms with Crippen LogP contribution in [0.1, 0.15) is 40.0 Å². The zero-order valence-corrected chi connectivity index (χ0v) is 27.5. The fraction of sp³-hybridized carbons (Fsp3) is 0.135. The lowest BCUT2D eigenvalue weighted by Gasteiger charge is -2.26. The summed E-state index contributed by atoms with van der Waals surface area (Å²) in [7, 11) is 1.56. The molecule has 1 atom stereocenters. The topological polar surface area (TPSA) is 96.2 Å². The zero-order valence-electron chi connectivity index (χ0n) is 25.8. The number of nitrogens with zero attached hydrogens (tertiary/aromatic N) is 2. The molecule has 0 N–H and O–H groups in total. The molecule has 6 rings (SSSR count). The zero-order chi connectivity index (χ0) is 32.9. The molecule has 0 fully saturated rings. The van der Waals surface area contributed by atoms with Gasteiger partial charge in [-0.3, -0.25) is 9.36 Å². The van der Waals surface area contributed by atoms with Crippen molar-refractivity contribution in [3.63, 3.8) is 0 Å². The molecule has 0 saturated carbocycles. The van der Waals surface area contributed by atoms with Gasteiger partial charge in [0.2, 0.25) is 0 Å². The first-order valence-electron chi connectivity index (χ1n) is 14.8. The van der Waals surface area contributed by atoms with E-state index in [9.17, 15) is 14.4 Å². The standard InChI is InChI=1S/C37H30N2O6S2/c1-4-44-36(42)31-32(24-8-6-5-7-9-24)38-37-39(33(31)25-14-20-29(46-3)21-15-25)34(40)30(47-37)22-23-10-16-28(17-11-23)45-35(41)26-12-18-27(43-2)19-13-26/h5-22,33H,4H2,1-3H3/b30-22-/t33-/m0/s1. The molecule has 4 aromatic carbocycles. The summed E-state index contributed by atoms with van der Waals surface area (Å²) < 4.78 is 18.2. The molecule has 0 saturated heterocycles. The van der Waals surface area contributed by atoms with E-state index in [0.29, 0.717) is 37.7 Å². The van der Waals surface area contributed by atoms with Gasteiger partial charge in [0.05, 0.1) is 41.1 Å². The second-order valence-corrected chi connectivity index (χ2v) is 12.3. The highest BCUT2D eigenvalue weighted by molar-refractivity contribution is 7.98. The van der Waals surface area contributed by atoms with Crippen LogP contribution in [-0.2, 0) is 9.53 Å². The van der Waals surface area contributed by atoms with E-state index in [1.807, 2.05) is 60.9 Å². The number of benzene rings is 4. The first-order chi connectivity index (χ1) is 22.9. The summed E-state index contributed by atoms with van der Waals surface area (Å²) in [6.45, 7) is 1.93. The highest BCUT2D eigenvalue weighted by Crippen LogP contribution is 2.35. The molecule has 1 aromatic heterocycles. The molecule has 10 heteroatoms. The molecular weight excluding hydrogens is 633 g/mol. The third kappa shape index (κ3) is 6.70. The minimum absolute atomic E-state index is 0.179. The van der Waals surface area contributed by atoms with Gasteiger partial charge in [-0.25, -0.2) is 14.6 Å². The van der Waals surface area contributed by atoms with Gasteiger partial charge >= 0.3 is 11.9 Å². The number of thiazole rings is 1. The van der Waals surface area contributed by atoms with E-state index >= 15 is 0 Å². The summed E-state index contributed by atoms with van der Waals surface area (Å²) in [5.41, 5.74) is 3.13. The van der Waals surface area contributed by atoms with Crippen LogP contribution in [0.15, 0.2) is 123 Å². The summed E-state index contributed by atoms with van der Waals surface area (Å²) in [5.74, 6) is -0.0110. The number of hydrogen-bond acceptors (Lipinski definition) is 9. The highest BCUT2D eigenvalue weighted by Gasteiger charge is 2.35. The number of carbonyl (C=O) groups is 2. The molecule has 1 aliphatic heterocycles. The third-order valence-electron chi connectivity index (χ3n) is 7.52. The average molecular weight is 663 g/mol. The number of rotatable bonds is 9. The Bertz CT molecular complexity index is 2130. The van der Waals surface area contributed by atoms with Gasteiger partial charge in [-0.05, 0) is 78.9 Å². The molecule has 0 spiro atoms. The summed E-state index contributed by atoms with van der Waals surface area (Å²) in [6, 6.07) is 30.1. The van der Waals surface area contributed by atoms with Gasteiger partial charge in [-0.1, -0.05) is 65.9 Å². The lowest BCUT2D eigenvalue weighted by Crippen LogP contribution is -2.40. The second-order valence-electron chi connectivity index (χ2n) is 10.4. The fourth-order valence-electron chi connectivity index (χ4n) is 5.22. The Hall–Kier alpha value is -5.19. The van der Waals surface area contributed by atoms with Crippen molar-refractivity contribution < 1.29 is 23.8 Å². The van der Waals surface area contributed by atoms with E-state index < -0.39 is 18.0 Å². The van der Waals surface area contributed by atoms with Crippen molar-refractivity contribution in [2.45, 2.75) is 17.9 Å². The largest absolute Gasteiger partial charge is 0.497 e. The van der Waals surface area contributed by atoms with Crippen molar-refractivity contribution in [1.82, 2.24) is 4.57 Å². The van der Waals surface area contributed by atoms with E-state index in [2.05, 4.69) is 0 Å². The van der Waals surface area contributed by atoms with Crippen LogP contribution in [-0.4, -0.2) is 36.5 Å². The van der Waals surface area contributed by atoms with Crippen LogP contribution in [0.5, 0.6) is 11.5 Å². The van der Waals surface area contributed by atoms with E-state index in [1.54, 1.807) is 85.0 Å². The molecule has 0 unspecified atom stereocenters. The van der Waals surface area contributed by atoms with Gasteiger partial charge < -0.3 is 14.2 Å². The Balaban J connectivity index is 1.41.